The molecule has 1 atom stereocenters. The van der Waals surface area contributed by atoms with Gasteiger partial charge in [0.25, 0.3) is 5.91 Å². The van der Waals surface area contributed by atoms with Crippen LogP contribution in [0.3, 0.4) is 0 Å². The van der Waals surface area contributed by atoms with Gasteiger partial charge in [0.15, 0.2) is 0 Å². The number of aryl methyl sites for hydroxylation is 1. The molecular weight excluding hydrogens is 366 g/mol. The third-order valence-corrected chi connectivity index (χ3v) is 6.17. The summed E-state index contributed by atoms with van der Waals surface area (Å²) in [6, 6.07) is 5.87. The molecule has 1 aliphatic heterocycles. The number of fused-ring (bicyclic) bond motifs is 1. The van der Waals surface area contributed by atoms with Crippen LogP contribution in [-0.4, -0.2) is 38.9 Å². The molecule has 1 unspecified atom stereocenters. The molecule has 3 aromatic rings. The summed E-state index contributed by atoms with van der Waals surface area (Å²) >= 11 is 0. The number of ether oxygens (including phenoxy) is 1. The van der Waals surface area contributed by atoms with Crippen LogP contribution in [0, 0.1) is 0 Å². The molecule has 29 heavy (non-hydrogen) atoms. The third-order valence-electron chi connectivity index (χ3n) is 6.17. The number of hydrogen-bond donors (Lipinski definition) is 2. The number of aromatic amines is 1. The van der Waals surface area contributed by atoms with Crippen molar-refractivity contribution in [3.8, 4) is 0 Å². The summed E-state index contributed by atoms with van der Waals surface area (Å²) < 4.78 is 7.19. The molecule has 7 nitrogen and oxygen atoms in total. The number of aromatic nitrogens is 4. The summed E-state index contributed by atoms with van der Waals surface area (Å²) in [5, 5.41) is 7.56. The summed E-state index contributed by atoms with van der Waals surface area (Å²) in [4.78, 5) is 21.2. The molecule has 3 heterocycles. The van der Waals surface area contributed by atoms with Gasteiger partial charge in [0.2, 0.25) is 0 Å². The number of amides is 1. The van der Waals surface area contributed by atoms with E-state index in [1.165, 1.54) is 32.1 Å². The highest BCUT2D eigenvalue weighted by molar-refractivity contribution is 6.05. The molecule has 2 aliphatic rings. The Morgan fingerprint density at radius 1 is 1.21 bits per heavy atom. The molecule has 1 saturated carbocycles. The summed E-state index contributed by atoms with van der Waals surface area (Å²) in [7, 11) is 1.85. The molecule has 0 spiro atoms. The van der Waals surface area contributed by atoms with Gasteiger partial charge in [-0.3, -0.25) is 9.48 Å². The molecule has 1 aliphatic carbocycles. The topological polar surface area (TPSA) is 84.8 Å². The van der Waals surface area contributed by atoms with E-state index in [1.807, 2.05) is 25.2 Å². The Labute approximate surface area is 169 Å². The van der Waals surface area contributed by atoms with Crippen LogP contribution < -0.4 is 5.32 Å². The molecule has 152 valence electrons. The van der Waals surface area contributed by atoms with E-state index in [0.717, 1.165) is 41.3 Å². The minimum atomic E-state index is -0.133. The molecule has 1 amide bonds. The highest BCUT2D eigenvalue weighted by Crippen LogP contribution is 2.32. The van der Waals surface area contributed by atoms with Crippen molar-refractivity contribution in [3.05, 3.63) is 41.5 Å². The second kappa shape index (κ2) is 7.63. The highest BCUT2D eigenvalue weighted by Gasteiger charge is 2.27. The Morgan fingerprint density at radius 3 is 2.86 bits per heavy atom. The van der Waals surface area contributed by atoms with Gasteiger partial charge in [-0.15, -0.1) is 0 Å². The van der Waals surface area contributed by atoms with E-state index in [0.29, 0.717) is 18.1 Å². The molecule has 2 N–H and O–H groups in total. The highest BCUT2D eigenvalue weighted by atomic mass is 16.5. The van der Waals surface area contributed by atoms with Gasteiger partial charge in [-0.2, -0.15) is 5.10 Å². The quantitative estimate of drug-likeness (QED) is 0.699. The smallest absolute Gasteiger partial charge is 0.259 e. The van der Waals surface area contributed by atoms with Crippen LogP contribution in [0.25, 0.3) is 11.0 Å². The average molecular weight is 393 g/mol. The lowest BCUT2D eigenvalue weighted by Gasteiger charge is -2.18. The molecule has 0 bridgehead atoms. The number of nitrogens with zero attached hydrogens (tertiary/aromatic N) is 3. The zero-order valence-corrected chi connectivity index (χ0v) is 16.8. The summed E-state index contributed by atoms with van der Waals surface area (Å²) in [5.41, 5.74) is 4.13. The van der Waals surface area contributed by atoms with Crippen LogP contribution in [0.2, 0.25) is 0 Å². The van der Waals surface area contributed by atoms with Crippen LogP contribution in [0.1, 0.15) is 72.2 Å². The van der Waals surface area contributed by atoms with Crippen molar-refractivity contribution in [1.82, 2.24) is 19.7 Å². The Kier molecular flexibility index (Phi) is 4.83. The van der Waals surface area contributed by atoms with Crippen LogP contribution in [-0.2, 0) is 11.8 Å². The van der Waals surface area contributed by atoms with Gasteiger partial charge in [-0.25, -0.2) is 4.98 Å². The maximum Gasteiger partial charge on any atom is 0.259 e. The van der Waals surface area contributed by atoms with Crippen molar-refractivity contribution < 1.29 is 9.53 Å². The van der Waals surface area contributed by atoms with E-state index in [-0.39, 0.29) is 11.8 Å². The van der Waals surface area contributed by atoms with Crippen molar-refractivity contribution in [3.63, 3.8) is 0 Å². The number of anilines is 1. The molecular formula is C22H27N5O2. The first-order chi connectivity index (χ1) is 14.2. The van der Waals surface area contributed by atoms with Gasteiger partial charge in [-0.05, 0) is 37.5 Å². The number of rotatable bonds is 4. The number of H-pyrrole nitrogens is 1. The van der Waals surface area contributed by atoms with Gasteiger partial charge in [0.1, 0.15) is 5.82 Å². The average Bonchev–Trinajstić information content (AvgIpc) is 3.47. The van der Waals surface area contributed by atoms with Crippen molar-refractivity contribution in [2.45, 2.75) is 50.4 Å². The fourth-order valence-corrected chi connectivity index (χ4v) is 4.61. The monoisotopic (exact) mass is 393 g/mol. The standard InChI is InChI=1S/C22H27N5O2/c1-27-12-17(20(26-27)15-9-10-29-13-15)22(28)23-16-7-8-18-19(11-16)25-21(24-18)14-5-3-2-4-6-14/h7-8,11-12,14-15H,2-6,9-10,13H2,1H3,(H,23,28)(H,24,25). The number of benzene rings is 1. The number of nitrogens with one attached hydrogen (secondary N) is 2. The summed E-state index contributed by atoms with van der Waals surface area (Å²) in [6.45, 7) is 1.35. The van der Waals surface area contributed by atoms with Crippen LogP contribution in [0.5, 0.6) is 0 Å². The van der Waals surface area contributed by atoms with Gasteiger partial charge < -0.3 is 15.0 Å². The molecule has 1 aromatic carbocycles. The second-order valence-electron chi connectivity index (χ2n) is 8.31. The predicted octanol–water partition coefficient (Wildman–Crippen LogP) is 4.10. The third kappa shape index (κ3) is 3.67. The number of carbonyl (C=O) groups excluding carboxylic acids is 1. The van der Waals surface area contributed by atoms with E-state index in [2.05, 4.69) is 15.4 Å². The first-order valence-electron chi connectivity index (χ1n) is 10.6. The molecule has 2 fully saturated rings. The van der Waals surface area contributed by atoms with E-state index >= 15 is 0 Å². The largest absolute Gasteiger partial charge is 0.381 e. The van der Waals surface area contributed by atoms with Crippen molar-refractivity contribution in [2.24, 2.45) is 7.05 Å². The maximum absolute atomic E-state index is 13.0. The number of carbonyl (C=O) groups is 1. The first kappa shape index (κ1) is 18.4. The maximum atomic E-state index is 13.0. The minimum Gasteiger partial charge on any atom is -0.381 e. The first-order valence-corrected chi connectivity index (χ1v) is 10.6. The van der Waals surface area contributed by atoms with Gasteiger partial charge >= 0.3 is 0 Å². The second-order valence-corrected chi connectivity index (χ2v) is 8.31. The van der Waals surface area contributed by atoms with Gasteiger partial charge in [-0.1, -0.05) is 19.3 Å². The summed E-state index contributed by atoms with van der Waals surface area (Å²) in [5.74, 6) is 1.66. The van der Waals surface area contributed by atoms with Crippen molar-refractivity contribution in [2.75, 3.05) is 18.5 Å². The fraction of sp³-hybridized carbons (Fsp3) is 0.500. The van der Waals surface area contributed by atoms with E-state index < -0.39 is 0 Å². The molecule has 7 heteroatoms. The SMILES string of the molecule is Cn1cc(C(=O)Nc2ccc3nc(C4CCCCC4)[nH]c3c2)c(C2CCOC2)n1. The summed E-state index contributed by atoms with van der Waals surface area (Å²) in [6.07, 6.45) is 9.00. The minimum absolute atomic E-state index is 0.133. The Balaban J connectivity index is 1.37. The predicted molar refractivity (Wildman–Crippen MR) is 111 cm³/mol. The Bertz CT molecular complexity index is 1030. The van der Waals surface area contributed by atoms with Crippen molar-refractivity contribution in [1.29, 1.82) is 0 Å². The van der Waals surface area contributed by atoms with E-state index in [1.54, 1.807) is 10.9 Å². The molecule has 2 aromatic heterocycles. The van der Waals surface area contributed by atoms with E-state index in [9.17, 15) is 4.79 Å². The molecule has 1 saturated heterocycles. The lowest BCUT2D eigenvalue weighted by Crippen LogP contribution is -2.15. The molecule has 0 radical (unpaired) electrons. The number of imidazole rings is 1. The number of hydrogen-bond acceptors (Lipinski definition) is 4. The van der Waals surface area contributed by atoms with Crippen LogP contribution in [0.4, 0.5) is 5.69 Å². The zero-order chi connectivity index (χ0) is 19.8. The molecule has 5 rings (SSSR count). The van der Waals surface area contributed by atoms with Gasteiger partial charge in [0, 0.05) is 37.4 Å². The lowest BCUT2D eigenvalue weighted by molar-refractivity contribution is 0.102. The fourth-order valence-electron chi connectivity index (χ4n) is 4.61. The van der Waals surface area contributed by atoms with Crippen LogP contribution in [0.15, 0.2) is 24.4 Å². The Morgan fingerprint density at radius 2 is 2.07 bits per heavy atom. The van der Waals surface area contributed by atoms with Gasteiger partial charge in [0.05, 0.1) is 28.9 Å². The zero-order valence-electron chi connectivity index (χ0n) is 16.8. The van der Waals surface area contributed by atoms with Crippen LogP contribution >= 0.6 is 0 Å². The Hall–Kier alpha value is -2.67. The van der Waals surface area contributed by atoms with Crippen molar-refractivity contribution >= 4 is 22.6 Å². The van der Waals surface area contributed by atoms with E-state index in [4.69, 9.17) is 9.72 Å². The lowest BCUT2D eigenvalue weighted by atomic mass is 9.89. The normalized spacial score (nSPS) is 20.4.